The molecule has 0 saturated carbocycles. The van der Waals surface area contributed by atoms with Crippen LogP contribution in [0.2, 0.25) is 0 Å². The summed E-state index contributed by atoms with van der Waals surface area (Å²) in [6.45, 7) is 7.38. The lowest BCUT2D eigenvalue weighted by Crippen LogP contribution is -2.56. The largest absolute Gasteiger partial charge is 0.494 e. The van der Waals surface area contributed by atoms with Gasteiger partial charge in [-0.3, -0.25) is 13.9 Å². The van der Waals surface area contributed by atoms with Gasteiger partial charge in [-0.05, 0) is 75.2 Å². The molecule has 260 valence electrons. The van der Waals surface area contributed by atoms with E-state index in [1.807, 2.05) is 88.4 Å². The average Bonchev–Trinajstić information content (AvgIpc) is 3.09. The normalized spacial score (nSPS) is 12.0. The Bertz CT molecular complexity index is 1790. The van der Waals surface area contributed by atoms with Gasteiger partial charge in [0.05, 0.1) is 31.4 Å². The molecule has 0 bridgehead atoms. The Morgan fingerprint density at radius 3 is 1.94 bits per heavy atom. The standard InChI is InChI=1S/C38H45N3O7S/c1-7-48-31-20-18-30(19-21-31)41(49(44,45)32-22-23-34(46-5)35(25-32)47-6)27-36(42)40(26-29-16-12-9-13-17-29)33(37(43)39-38(2,3)4)24-28-14-10-8-11-15-28/h8-23,25,33H,7,24,26-27H2,1-6H3,(H,39,43)/t33-/m1/s1. The number of ether oxygens (including phenoxy) is 3. The summed E-state index contributed by atoms with van der Waals surface area (Å²) < 4.78 is 46.3. The van der Waals surface area contributed by atoms with Gasteiger partial charge in [0.25, 0.3) is 10.0 Å². The minimum Gasteiger partial charge on any atom is -0.494 e. The SMILES string of the molecule is CCOc1ccc(N(CC(=O)N(Cc2ccccc2)[C@H](Cc2ccccc2)C(=O)NC(C)(C)C)S(=O)(=O)c2ccc(OC)c(OC)c2)cc1. The number of methoxy groups -OCH3 is 2. The van der Waals surface area contributed by atoms with Gasteiger partial charge in [-0.15, -0.1) is 0 Å². The Labute approximate surface area is 289 Å². The molecule has 4 aromatic carbocycles. The van der Waals surface area contributed by atoms with Crippen molar-refractivity contribution < 1.29 is 32.2 Å². The van der Waals surface area contributed by atoms with Crippen molar-refractivity contribution in [3.63, 3.8) is 0 Å². The van der Waals surface area contributed by atoms with Crippen molar-refractivity contribution in [2.75, 3.05) is 31.7 Å². The molecule has 2 amide bonds. The van der Waals surface area contributed by atoms with Gasteiger partial charge in [0.2, 0.25) is 11.8 Å². The van der Waals surface area contributed by atoms with E-state index in [0.717, 1.165) is 15.4 Å². The lowest BCUT2D eigenvalue weighted by Gasteiger charge is -2.35. The van der Waals surface area contributed by atoms with E-state index in [4.69, 9.17) is 14.2 Å². The van der Waals surface area contributed by atoms with Crippen molar-refractivity contribution in [3.8, 4) is 17.2 Å². The minimum absolute atomic E-state index is 0.0717. The third-order valence-corrected chi connectivity index (χ3v) is 9.39. The lowest BCUT2D eigenvalue weighted by molar-refractivity contribution is -0.140. The van der Waals surface area contributed by atoms with Gasteiger partial charge in [-0.25, -0.2) is 8.42 Å². The minimum atomic E-state index is -4.36. The zero-order chi connectivity index (χ0) is 35.6. The number of hydrogen-bond acceptors (Lipinski definition) is 7. The monoisotopic (exact) mass is 687 g/mol. The van der Waals surface area contributed by atoms with Crippen LogP contribution in [0.1, 0.15) is 38.8 Å². The van der Waals surface area contributed by atoms with Crippen LogP contribution in [-0.2, 0) is 32.6 Å². The first-order valence-corrected chi connectivity index (χ1v) is 17.5. The number of sulfonamides is 1. The van der Waals surface area contributed by atoms with Crippen molar-refractivity contribution in [2.24, 2.45) is 0 Å². The van der Waals surface area contributed by atoms with Gasteiger partial charge < -0.3 is 24.4 Å². The Hall–Kier alpha value is -5.03. The molecule has 1 atom stereocenters. The molecule has 0 unspecified atom stereocenters. The second-order valence-corrected chi connectivity index (χ2v) is 14.3. The van der Waals surface area contributed by atoms with Crippen molar-refractivity contribution in [1.29, 1.82) is 0 Å². The molecule has 4 rings (SSSR count). The molecule has 0 aromatic heterocycles. The molecule has 0 aliphatic rings. The molecule has 10 nitrogen and oxygen atoms in total. The molecule has 49 heavy (non-hydrogen) atoms. The Balaban J connectivity index is 1.83. The number of carbonyl (C=O) groups is 2. The van der Waals surface area contributed by atoms with Crippen LogP contribution in [0, 0.1) is 0 Å². The van der Waals surface area contributed by atoms with Crippen LogP contribution in [0.25, 0.3) is 0 Å². The van der Waals surface area contributed by atoms with Crippen molar-refractivity contribution in [2.45, 2.75) is 57.1 Å². The smallest absolute Gasteiger partial charge is 0.264 e. The predicted molar refractivity (Wildman–Crippen MR) is 191 cm³/mol. The summed E-state index contributed by atoms with van der Waals surface area (Å²) in [6, 6.07) is 28.5. The van der Waals surface area contributed by atoms with E-state index in [-0.39, 0.29) is 35.2 Å². The van der Waals surface area contributed by atoms with Gasteiger partial charge in [0, 0.05) is 24.6 Å². The van der Waals surface area contributed by atoms with E-state index in [9.17, 15) is 18.0 Å². The quantitative estimate of drug-likeness (QED) is 0.167. The van der Waals surface area contributed by atoms with Gasteiger partial charge in [-0.1, -0.05) is 60.7 Å². The fraction of sp³-hybridized carbons (Fsp3) is 0.316. The van der Waals surface area contributed by atoms with Crippen LogP contribution in [0.5, 0.6) is 17.2 Å². The third-order valence-electron chi connectivity index (χ3n) is 7.62. The molecular weight excluding hydrogens is 642 g/mol. The molecule has 4 aromatic rings. The summed E-state index contributed by atoms with van der Waals surface area (Å²) >= 11 is 0. The second-order valence-electron chi connectivity index (χ2n) is 12.4. The van der Waals surface area contributed by atoms with E-state index < -0.39 is 34.1 Å². The zero-order valence-electron chi connectivity index (χ0n) is 28.9. The molecular formula is C38H45N3O7S. The zero-order valence-corrected chi connectivity index (χ0v) is 29.7. The number of nitrogens with zero attached hydrogens (tertiary/aromatic N) is 2. The van der Waals surface area contributed by atoms with E-state index in [1.165, 1.54) is 37.3 Å². The fourth-order valence-corrected chi connectivity index (χ4v) is 6.73. The number of hydrogen-bond donors (Lipinski definition) is 1. The topological polar surface area (TPSA) is 114 Å². The predicted octanol–water partition coefficient (Wildman–Crippen LogP) is 5.85. The maximum Gasteiger partial charge on any atom is 0.264 e. The molecule has 0 aliphatic heterocycles. The summed E-state index contributed by atoms with van der Waals surface area (Å²) in [5, 5.41) is 3.04. The van der Waals surface area contributed by atoms with Gasteiger partial charge >= 0.3 is 0 Å². The van der Waals surface area contributed by atoms with Crippen LogP contribution in [0.15, 0.2) is 108 Å². The van der Waals surface area contributed by atoms with Crippen molar-refractivity contribution in [1.82, 2.24) is 10.2 Å². The molecule has 0 radical (unpaired) electrons. The second kappa shape index (κ2) is 16.4. The fourth-order valence-electron chi connectivity index (χ4n) is 5.30. The molecule has 0 aliphatic carbocycles. The first-order chi connectivity index (χ1) is 23.4. The summed E-state index contributed by atoms with van der Waals surface area (Å²) in [7, 11) is -1.49. The summed E-state index contributed by atoms with van der Waals surface area (Å²) in [4.78, 5) is 30.1. The first kappa shape index (κ1) is 36.8. The molecule has 0 spiro atoms. The molecule has 1 N–H and O–H groups in total. The highest BCUT2D eigenvalue weighted by atomic mass is 32.2. The Morgan fingerprint density at radius 2 is 1.39 bits per heavy atom. The first-order valence-electron chi connectivity index (χ1n) is 16.0. The van der Waals surface area contributed by atoms with Crippen LogP contribution in [-0.4, -0.2) is 64.1 Å². The molecule has 0 saturated heterocycles. The Kier molecular flexibility index (Phi) is 12.3. The molecule has 0 fully saturated rings. The highest BCUT2D eigenvalue weighted by molar-refractivity contribution is 7.92. The van der Waals surface area contributed by atoms with Crippen molar-refractivity contribution in [3.05, 3.63) is 114 Å². The van der Waals surface area contributed by atoms with E-state index in [1.54, 1.807) is 24.3 Å². The van der Waals surface area contributed by atoms with Crippen LogP contribution in [0.4, 0.5) is 5.69 Å². The molecule has 0 heterocycles. The average molecular weight is 688 g/mol. The number of nitrogens with one attached hydrogen (secondary N) is 1. The maximum absolute atomic E-state index is 14.7. The highest BCUT2D eigenvalue weighted by Crippen LogP contribution is 2.33. The van der Waals surface area contributed by atoms with E-state index in [0.29, 0.717) is 18.1 Å². The number of amides is 2. The third kappa shape index (κ3) is 9.76. The van der Waals surface area contributed by atoms with Gasteiger partial charge in [0.1, 0.15) is 18.3 Å². The maximum atomic E-state index is 14.7. The number of anilines is 1. The summed E-state index contributed by atoms with van der Waals surface area (Å²) in [5.41, 5.74) is 1.29. The number of carbonyl (C=O) groups excluding carboxylic acids is 2. The van der Waals surface area contributed by atoms with Crippen LogP contribution < -0.4 is 23.8 Å². The molecule has 11 heteroatoms. The number of rotatable bonds is 15. The van der Waals surface area contributed by atoms with Gasteiger partial charge in [-0.2, -0.15) is 0 Å². The summed E-state index contributed by atoms with van der Waals surface area (Å²) in [5.74, 6) is 0.207. The van der Waals surface area contributed by atoms with E-state index in [2.05, 4.69) is 5.32 Å². The Morgan fingerprint density at radius 1 is 0.796 bits per heavy atom. The summed E-state index contributed by atoms with van der Waals surface area (Å²) in [6.07, 6.45) is 0.215. The highest BCUT2D eigenvalue weighted by Gasteiger charge is 2.36. The lowest BCUT2D eigenvalue weighted by atomic mass is 10.0. The number of benzene rings is 4. The van der Waals surface area contributed by atoms with E-state index >= 15 is 0 Å². The van der Waals surface area contributed by atoms with Crippen LogP contribution >= 0.6 is 0 Å². The van der Waals surface area contributed by atoms with Gasteiger partial charge in [0.15, 0.2) is 11.5 Å². The van der Waals surface area contributed by atoms with Crippen LogP contribution in [0.3, 0.4) is 0 Å². The van der Waals surface area contributed by atoms with Crippen molar-refractivity contribution >= 4 is 27.5 Å².